The highest BCUT2D eigenvalue weighted by Crippen LogP contribution is 2.06. The Morgan fingerprint density at radius 2 is 1.15 bits per heavy atom. The third-order valence-corrected chi connectivity index (χ3v) is 3.53. The van der Waals surface area contributed by atoms with Crippen molar-refractivity contribution in [2.45, 2.75) is 32.1 Å². The predicted octanol–water partition coefficient (Wildman–Crippen LogP) is 4.25. The van der Waals surface area contributed by atoms with Crippen molar-refractivity contribution in [3.05, 3.63) is 71.8 Å². The zero-order valence-corrected chi connectivity index (χ0v) is 12.2. The summed E-state index contributed by atoms with van der Waals surface area (Å²) in [5, 5.41) is 4.61. The molecule has 0 heterocycles. The summed E-state index contributed by atoms with van der Waals surface area (Å²) in [5.74, 6) is 0. The summed E-state index contributed by atoms with van der Waals surface area (Å²) >= 11 is 0. The largest absolute Gasteiger partial charge is 0.241 e. The van der Waals surface area contributed by atoms with Crippen molar-refractivity contribution in [3.8, 4) is 0 Å². The second-order valence-corrected chi connectivity index (χ2v) is 5.20. The minimum atomic E-state index is 0.961. The smallest absolute Gasteiger partial charge is 0.0173 e. The number of rotatable bonds is 9. The Balaban J connectivity index is 1.44. The van der Waals surface area contributed by atoms with Gasteiger partial charge in [0, 0.05) is 13.1 Å². The normalized spacial score (nSPS) is 10.6. The van der Waals surface area contributed by atoms with Crippen LogP contribution in [0, 0.1) is 0 Å². The van der Waals surface area contributed by atoms with Gasteiger partial charge in [-0.25, -0.2) is 5.32 Å². The molecule has 0 saturated carbocycles. The molecule has 0 aliphatic rings. The molecule has 0 aliphatic heterocycles. The minimum Gasteiger partial charge on any atom is -0.241 e. The Bertz CT molecular complexity index is 404. The Morgan fingerprint density at radius 3 is 1.80 bits per heavy atom. The Morgan fingerprint density at radius 1 is 0.550 bits per heavy atom. The molecule has 0 atom stereocenters. The highest BCUT2D eigenvalue weighted by Gasteiger charge is 1.95. The summed E-state index contributed by atoms with van der Waals surface area (Å²) in [5.41, 5.74) is 2.84. The van der Waals surface area contributed by atoms with Crippen LogP contribution >= 0.6 is 0 Å². The van der Waals surface area contributed by atoms with E-state index in [1.54, 1.807) is 0 Å². The topological polar surface area (TPSA) is 14.1 Å². The molecule has 0 N–H and O–H groups in total. The Hall–Kier alpha value is -1.60. The third kappa shape index (κ3) is 6.03. The van der Waals surface area contributed by atoms with E-state index in [4.69, 9.17) is 0 Å². The van der Waals surface area contributed by atoms with Crippen LogP contribution in [-0.4, -0.2) is 13.1 Å². The van der Waals surface area contributed by atoms with Crippen molar-refractivity contribution in [3.63, 3.8) is 0 Å². The van der Waals surface area contributed by atoms with E-state index >= 15 is 0 Å². The maximum absolute atomic E-state index is 4.61. The lowest BCUT2D eigenvalue weighted by atomic mass is 10.1. The second kappa shape index (κ2) is 9.33. The average molecular weight is 266 g/mol. The van der Waals surface area contributed by atoms with Gasteiger partial charge in [-0.15, -0.1) is 0 Å². The van der Waals surface area contributed by atoms with E-state index in [1.165, 1.54) is 36.8 Å². The summed E-state index contributed by atoms with van der Waals surface area (Å²) in [6.45, 7) is 1.98. The molecular weight excluding hydrogens is 242 g/mol. The van der Waals surface area contributed by atoms with Gasteiger partial charge in [0.25, 0.3) is 0 Å². The van der Waals surface area contributed by atoms with Gasteiger partial charge in [-0.05, 0) is 36.8 Å². The first-order chi connectivity index (χ1) is 9.95. The molecule has 2 aromatic rings. The minimum absolute atomic E-state index is 0.961. The Labute approximate surface area is 123 Å². The van der Waals surface area contributed by atoms with Gasteiger partial charge >= 0.3 is 0 Å². The maximum Gasteiger partial charge on any atom is 0.0173 e. The molecule has 2 aromatic carbocycles. The van der Waals surface area contributed by atoms with E-state index in [9.17, 15) is 0 Å². The molecule has 2 rings (SSSR count). The van der Waals surface area contributed by atoms with Crippen LogP contribution in [0.5, 0.6) is 0 Å². The van der Waals surface area contributed by atoms with Crippen molar-refractivity contribution >= 4 is 0 Å². The van der Waals surface area contributed by atoms with Gasteiger partial charge in [0.1, 0.15) is 0 Å². The van der Waals surface area contributed by atoms with E-state index in [2.05, 4.69) is 66.0 Å². The number of aryl methyl sites for hydroxylation is 1. The van der Waals surface area contributed by atoms with Crippen molar-refractivity contribution < 1.29 is 0 Å². The first-order valence-electron chi connectivity index (χ1n) is 7.66. The van der Waals surface area contributed by atoms with Crippen molar-refractivity contribution in [1.29, 1.82) is 0 Å². The monoisotopic (exact) mass is 266 g/mol. The van der Waals surface area contributed by atoms with Gasteiger partial charge in [-0.3, -0.25) is 0 Å². The van der Waals surface area contributed by atoms with Crippen LogP contribution < -0.4 is 5.32 Å². The van der Waals surface area contributed by atoms with Crippen LogP contribution in [0.15, 0.2) is 60.7 Å². The van der Waals surface area contributed by atoms with Gasteiger partial charge in [-0.1, -0.05) is 67.1 Å². The highest BCUT2D eigenvalue weighted by molar-refractivity contribution is 5.15. The SMILES string of the molecule is c1ccc(CCCCC[N]CCc2ccccc2)cc1. The number of benzene rings is 2. The summed E-state index contributed by atoms with van der Waals surface area (Å²) in [6, 6.07) is 21.3. The van der Waals surface area contributed by atoms with E-state index in [-0.39, 0.29) is 0 Å². The van der Waals surface area contributed by atoms with Crippen LogP contribution in [0.3, 0.4) is 0 Å². The van der Waals surface area contributed by atoms with E-state index in [1.807, 2.05) is 0 Å². The number of hydrogen-bond acceptors (Lipinski definition) is 0. The molecule has 0 unspecified atom stereocenters. The third-order valence-electron chi connectivity index (χ3n) is 3.53. The fourth-order valence-electron chi connectivity index (χ4n) is 2.34. The van der Waals surface area contributed by atoms with Gasteiger partial charge in [0.05, 0.1) is 0 Å². The van der Waals surface area contributed by atoms with Gasteiger partial charge in [0.15, 0.2) is 0 Å². The summed E-state index contributed by atoms with van der Waals surface area (Å²) in [7, 11) is 0. The zero-order valence-electron chi connectivity index (χ0n) is 12.2. The summed E-state index contributed by atoms with van der Waals surface area (Å²) in [4.78, 5) is 0. The van der Waals surface area contributed by atoms with Gasteiger partial charge < -0.3 is 0 Å². The van der Waals surface area contributed by atoms with Crippen LogP contribution in [-0.2, 0) is 12.8 Å². The lowest BCUT2D eigenvalue weighted by Gasteiger charge is -2.04. The molecule has 1 heteroatoms. The van der Waals surface area contributed by atoms with Crippen LogP contribution in [0.2, 0.25) is 0 Å². The average Bonchev–Trinajstić information content (AvgIpc) is 2.52. The predicted molar refractivity (Wildman–Crippen MR) is 86.0 cm³/mol. The number of unbranched alkanes of at least 4 members (excludes halogenated alkanes) is 2. The molecule has 0 amide bonds. The first-order valence-corrected chi connectivity index (χ1v) is 7.66. The van der Waals surface area contributed by atoms with E-state index in [0.717, 1.165) is 19.5 Å². The molecule has 0 aliphatic carbocycles. The highest BCUT2D eigenvalue weighted by atomic mass is 14.8. The fraction of sp³-hybridized carbons (Fsp3) is 0.368. The zero-order chi connectivity index (χ0) is 13.9. The Kier molecular flexibility index (Phi) is 6.90. The summed E-state index contributed by atoms with van der Waals surface area (Å²) in [6.07, 6.45) is 6.05. The van der Waals surface area contributed by atoms with E-state index in [0.29, 0.717) is 0 Å². The molecule has 0 aromatic heterocycles. The molecule has 0 spiro atoms. The fourth-order valence-corrected chi connectivity index (χ4v) is 2.34. The molecule has 105 valence electrons. The van der Waals surface area contributed by atoms with Gasteiger partial charge in [0.2, 0.25) is 0 Å². The van der Waals surface area contributed by atoms with Gasteiger partial charge in [-0.2, -0.15) is 0 Å². The molecule has 20 heavy (non-hydrogen) atoms. The lowest BCUT2D eigenvalue weighted by Crippen LogP contribution is -2.10. The first kappa shape index (κ1) is 14.8. The number of hydrogen-bond donors (Lipinski definition) is 0. The van der Waals surface area contributed by atoms with Crippen molar-refractivity contribution in [2.24, 2.45) is 0 Å². The lowest BCUT2D eigenvalue weighted by molar-refractivity contribution is 0.595. The maximum atomic E-state index is 4.61. The van der Waals surface area contributed by atoms with Crippen LogP contribution in [0.25, 0.3) is 0 Å². The number of nitrogens with zero attached hydrogens (tertiary/aromatic N) is 1. The van der Waals surface area contributed by atoms with Crippen LogP contribution in [0.1, 0.15) is 30.4 Å². The molecule has 0 fully saturated rings. The molecule has 0 bridgehead atoms. The standard InChI is InChI=1S/C19H24N/c1-4-10-18(11-5-1)12-8-3-9-16-20-17-15-19-13-6-2-7-14-19/h1-2,4-7,10-11,13-14H,3,8-9,12,15-17H2. The van der Waals surface area contributed by atoms with Crippen LogP contribution in [0.4, 0.5) is 0 Å². The molecule has 1 radical (unpaired) electrons. The summed E-state index contributed by atoms with van der Waals surface area (Å²) < 4.78 is 0. The quantitative estimate of drug-likeness (QED) is 0.603. The molecule has 0 saturated heterocycles. The van der Waals surface area contributed by atoms with E-state index < -0.39 is 0 Å². The second-order valence-electron chi connectivity index (χ2n) is 5.20. The van der Waals surface area contributed by atoms with Crippen molar-refractivity contribution in [1.82, 2.24) is 5.32 Å². The molecule has 1 nitrogen and oxygen atoms in total. The molecular formula is C19H24N. The van der Waals surface area contributed by atoms with Crippen molar-refractivity contribution in [2.75, 3.05) is 13.1 Å².